The van der Waals surface area contributed by atoms with Gasteiger partial charge in [-0.05, 0) is 31.9 Å². The Kier molecular flexibility index (Phi) is 7.14. The molecule has 0 aliphatic carbocycles. The van der Waals surface area contributed by atoms with Gasteiger partial charge < -0.3 is 10.2 Å². The van der Waals surface area contributed by atoms with Crippen LogP contribution in [-0.2, 0) is 9.84 Å². The van der Waals surface area contributed by atoms with Gasteiger partial charge in [-0.3, -0.25) is 9.59 Å². The third kappa shape index (κ3) is 5.27. The number of pyridine rings is 1. The fourth-order valence-corrected chi connectivity index (χ4v) is 4.81. The maximum Gasteiger partial charge on any atom is 0.272 e. The minimum absolute atomic E-state index is 0.00974. The molecule has 0 bridgehead atoms. The number of carbonyl (C=O) groups is 2. The van der Waals surface area contributed by atoms with Crippen LogP contribution in [0.3, 0.4) is 0 Å². The molecule has 2 heterocycles. The van der Waals surface area contributed by atoms with Gasteiger partial charge in [0.05, 0.1) is 11.5 Å². The zero-order valence-corrected chi connectivity index (χ0v) is 16.2. The molecule has 1 aliphatic rings. The summed E-state index contributed by atoms with van der Waals surface area (Å²) in [6.45, 7) is 4.88. The number of nitrogens with zero attached hydrogens (tertiary/aromatic N) is 2. The van der Waals surface area contributed by atoms with Crippen molar-refractivity contribution >= 4 is 21.7 Å². The summed E-state index contributed by atoms with van der Waals surface area (Å²) < 4.78 is 23.4. The second kappa shape index (κ2) is 9.12. The molecule has 2 amide bonds. The molecule has 144 valence electrons. The molecule has 7 nitrogen and oxygen atoms in total. The second-order valence-electron chi connectivity index (χ2n) is 6.52. The van der Waals surface area contributed by atoms with Crippen molar-refractivity contribution < 1.29 is 18.0 Å². The Hall–Kier alpha value is -1.96. The molecule has 0 saturated carbocycles. The minimum Gasteiger partial charge on any atom is -0.351 e. The summed E-state index contributed by atoms with van der Waals surface area (Å²) in [5.74, 6) is -0.545. The highest BCUT2D eigenvalue weighted by atomic mass is 32.2. The molecular weight excluding hydrogens is 354 g/mol. The summed E-state index contributed by atoms with van der Waals surface area (Å²) in [6.07, 6.45) is 3.46. The summed E-state index contributed by atoms with van der Waals surface area (Å²) in [5.41, 5.74) is 0.361. The molecule has 0 spiro atoms. The van der Waals surface area contributed by atoms with Gasteiger partial charge in [-0.15, -0.1) is 0 Å². The number of carbonyl (C=O) groups excluding carboxylic acids is 2. The topological polar surface area (TPSA) is 96.4 Å². The fourth-order valence-electron chi connectivity index (χ4n) is 3.08. The molecule has 1 fully saturated rings. The summed E-state index contributed by atoms with van der Waals surface area (Å²) >= 11 is 0. The number of hydrogen-bond acceptors (Lipinski definition) is 5. The van der Waals surface area contributed by atoms with Gasteiger partial charge >= 0.3 is 0 Å². The van der Waals surface area contributed by atoms with E-state index in [4.69, 9.17) is 0 Å². The third-order valence-electron chi connectivity index (χ3n) is 4.52. The highest BCUT2D eigenvalue weighted by Crippen LogP contribution is 2.19. The Balaban J connectivity index is 2.07. The number of hydrogen-bond donors (Lipinski definition) is 1. The fraction of sp³-hybridized carbons (Fsp3) is 0.611. The monoisotopic (exact) mass is 381 g/mol. The average Bonchev–Trinajstić information content (AvgIpc) is 2.98. The van der Waals surface area contributed by atoms with Gasteiger partial charge in [0.15, 0.2) is 9.84 Å². The number of rotatable bonds is 8. The maximum atomic E-state index is 12.8. The summed E-state index contributed by atoms with van der Waals surface area (Å²) in [4.78, 5) is 30.7. The van der Waals surface area contributed by atoms with Crippen LogP contribution in [0.1, 0.15) is 60.5 Å². The van der Waals surface area contributed by atoms with Gasteiger partial charge in [0.25, 0.3) is 11.8 Å². The van der Waals surface area contributed by atoms with E-state index in [0.717, 1.165) is 19.3 Å². The lowest BCUT2D eigenvalue weighted by atomic mass is 10.2. The summed E-state index contributed by atoms with van der Waals surface area (Å²) in [5, 5.41) is 2.80. The van der Waals surface area contributed by atoms with Crippen LogP contribution in [0, 0.1) is 0 Å². The van der Waals surface area contributed by atoms with Crippen molar-refractivity contribution in [3.8, 4) is 0 Å². The van der Waals surface area contributed by atoms with Crippen LogP contribution < -0.4 is 5.32 Å². The molecule has 1 N–H and O–H groups in total. The number of nitrogens with one attached hydrogen (secondary N) is 1. The lowest BCUT2D eigenvalue weighted by Crippen LogP contribution is -2.41. The molecule has 1 saturated heterocycles. The molecule has 1 aromatic heterocycles. The zero-order chi connectivity index (χ0) is 19.2. The Morgan fingerprint density at radius 2 is 1.96 bits per heavy atom. The van der Waals surface area contributed by atoms with Gasteiger partial charge in [0.2, 0.25) is 0 Å². The molecule has 26 heavy (non-hydrogen) atoms. The van der Waals surface area contributed by atoms with Crippen LogP contribution in [-0.4, -0.2) is 60.8 Å². The van der Waals surface area contributed by atoms with E-state index in [1.165, 1.54) is 4.90 Å². The van der Waals surface area contributed by atoms with E-state index in [9.17, 15) is 18.0 Å². The van der Waals surface area contributed by atoms with Gasteiger partial charge in [0.1, 0.15) is 11.4 Å². The van der Waals surface area contributed by atoms with Crippen LogP contribution in [0.15, 0.2) is 18.2 Å². The zero-order valence-electron chi connectivity index (χ0n) is 15.4. The van der Waals surface area contributed by atoms with Gasteiger partial charge in [-0.1, -0.05) is 25.8 Å². The highest BCUT2D eigenvalue weighted by molar-refractivity contribution is 7.91. The molecule has 0 aromatic carbocycles. The predicted octanol–water partition coefficient (Wildman–Crippen LogP) is 1.65. The van der Waals surface area contributed by atoms with E-state index >= 15 is 0 Å². The van der Waals surface area contributed by atoms with Crippen molar-refractivity contribution in [2.45, 2.75) is 45.6 Å². The van der Waals surface area contributed by atoms with E-state index in [2.05, 4.69) is 17.2 Å². The Morgan fingerprint density at radius 1 is 1.23 bits per heavy atom. The van der Waals surface area contributed by atoms with Crippen LogP contribution in [0.2, 0.25) is 0 Å². The Bertz CT molecular complexity index is 749. The van der Waals surface area contributed by atoms with Crippen molar-refractivity contribution in [3.63, 3.8) is 0 Å². The average molecular weight is 381 g/mol. The van der Waals surface area contributed by atoms with Crippen LogP contribution >= 0.6 is 0 Å². The predicted molar refractivity (Wildman–Crippen MR) is 99.9 cm³/mol. The Labute approximate surface area is 155 Å². The summed E-state index contributed by atoms with van der Waals surface area (Å²) in [7, 11) is -3.08. The molecule has 2 rings (SSSR count). The molecular formula is C18H27N3O4S. The highest BCUT2D eigenvalue weighted by Gasteiger charge is 2.34. The Morgan fingerprint density at radius 3 is 2.58 bits per heavy atom. The molecule has 0 radical (unpaired) electrons. The third-order valence-corrected chi connectivity index (χ3v) is 6.27. The van der Waals surface area contributed by atoms with E-state index in [1.54, 1.807) is 18.2 Å². The SMILES string of the molecule is CCCCCNC(=O)c1cccc(C(=O)N(CC)C2CCS(=O)(=O)C2)n1. The van der Waals surface area contributed by atoms with Crippen LogP contribution in [0.4, 0.5) is 0 Å². The normalized spacial score (nSPS) is 18.5. The van der Waals surface area contributed by atoms with Gasteiger partial charge in [-0.2, -0.15) is 0 Å². The molecule has 1 aliphatic heterocycles. The van der Waals surface area contributed by atoms with Crippen LogP contribution in [0.5, 0.6) is 0 Å². The lowest BCUT2D eigenvalue weighted by Gasteiger charge is -2.26. The molecule has 1 aromatic rings. The van der Waals surface area contributed by atoms with Crippen molar-refractivity contribution in [3.05, 3.63) is 29.6 Å². The largest absolute Gasteiger partial charge is 0.351 e. The van der Waals surface area contributed by atoms with E-state index < -0.39 is 9.84 Å². The van der Waals surface area contributed by atoms with Crippen molar-refractivity contribution in [2.75, 3.05) is 24.6 Å². The number of amides is 2. The van der Waals surface area contributed by atoms with Gasteiger partial charge in [0, 0.05) is 19.1 Å². The van der Waals surface area contributed by atoms with E-state index in [-0.39, 0.29) is 40.7 Å². The van der Waals surface area contributed by atoms with Crippen molar-refractivity contribution in [1.29, 1.82) is 0 Å². The lowest BCUT2D eigenvalue weighted by molar-refractivity contribution is 0.0702. The molecule has 1 unspecified atom stereocenters. The quantitative estimate of drug-likeness (QED) is 0.691. The van der Waals surface area contributed by atoms with Crippen molar-refractivity contribution in [1.82, 2.24) is 15.2 Å². The van der Waals surface area contributed by atoms with Crippen molar-refractivity contribution in [2.24, 2.45) is 0 Å². The summed E-state index contributed by atoms with van der Waals surface area (Å²) in [6, 6.07) is 4.43. The number of aromatic nitrogens is 1. The van der Waals surface area contributed by atoms with E-state index in [0.29, 0.717) is 19.5 Å². The first-order valence-corrected chi connectivity index (χ1v) is 11.0. The standard InChI is InChI=1S/C18H27N3O4S/c1-3-5-6-11-19-17(22)15-8-7-9-16(20-15)18(23)21(4-2)14-10-12-26(24,25)13-14/h7-9,14H,3-6,10-13H2,1-2H3,(H,19,22). The van der Waals surface area contributed by atoms with E-state index in [1.807, 2.05) is 6.92 Å². The first-order chi connectivity index (χ1) is 12.4. The first-order valence-electron chi connectivity index (χ1n) is 9.14. The molecule has 1 atom stereocenters. The minimum atomic E-state index is -3.08. The van der Waals surface area contributed by atoms with Gasteiger partial charge in [-0.25, -0.2) is 13.4 Å². The smallest absolute Gasteiger partial charge is 0.272 e. The number of sulfone groups is 1. The molecule has 8 heteroatoms. The second-order valence-corrected chi connectivity index (χ2v) is 8.75. The number of unbranched alkanes of at least 4 members (excludes halogenated alkanes) is 2. The van der Waals surface area contributed by atoms with Crippen LogP contribution in [0.25, 0.3) is 0 Å². The maximum absolute atomic E-state index is 12.8. The first kappa shape index (κ1) is 20.4.